The number of carbonyl (C=O) groups excluding carboxylic acids is 2. The summed E-state index contributed by atoms with van der Waals surface area (Å²) in [6.45, 7) is 2.91. The minimum absolute atomic E-state index is 0.00221. The van der Waals surface area contributed by atoms with Gasteiger partial charge in [-0.25, -0.2) is 4.79 Å². The number of aliphatic hydroxyl groups is 4. The largest absolute Gasteiger partial charge is 0.504 e. The lowest BCUT2D eigenvalue weighted by Gasteiger charge is -2.41. The number of aromatic hydroxyl groups is 1. The van der Waals surface area contributed by atoms with Crippen molar-refractivity contribution in [2.24, 2.45) is 0 Å². The zero-order valence-corrected chi connectivity index (χ0v) is 24.5. The molecule has 0 radical (unpaired) electrons. The molecule has 0 bridgehead atoms. The molecule has 3 rings (SSSR count). The first-order valence-corrected chi connectivity index (χ1v) is 14.1. The molecular formula is C31H41NO11. The molecule has 236 valence electrons. The SMILES string of the molecule is COc1cc(C=C(CCc2cccc(CCO)c2)C(=O)O[C@@H]2[C@H](OC(C)=O)[C@@H](O)[C@@H](CNC[C@H](C)O)O[C@H]2O)ccc1O. The van der Waals surface area contributed by atoms with E-state index in [1.807, 2.05) is 24.3 Å². The van der Waals surface area contributed by atoms with E-state index in [2.05, 4.69) is 5.32 Å². The molecule has 2 aromatic carbocycles. The number of esters is 2. The Labute approximate surface area is 250 Å². The molecule has 1 heterocycles. The molecule has 1 fully saturated rings. The van der Waals surface area contributed by atoms with Crippen LogP contribution in [0.15, 0.2) is 48.0 Å². The maximum atomic E-state index is 13.6. The van der Waals surface area contributed by atoms with Crippen LogP contribution in [-0.4, -0.2) is 101 Å². The number of hydrogen-bond donors (Lipinski definition) is 6. The fourth-order valence-corrected chi connectivity index (χ4v) is 4.73. The van der Waals surface area contributed by atoms with E-state index in [1.165, 1.54) is 13.2 Å². The summed E-state index contributed by atoms with van der Waals surface area (Å²) in [6, 6.07) is 12.1. The van der Waals surface area contributed by atoms with Crippen LogP contribution in [0.5, 0.6) is 11.5 Å². The smallest absolute Gasteiger partial charge is 0.334 e. The van der Waals surface area contributed by atoms with Gasteiger partial charge >= 0.3 is 11.9 Å². The van der Waals surface area contributed by atoms with Crippen LogP contribution in [0.3, 0.4) is 0 Å². The third-order valence-electron chi connectivity index (χ3n) is 6.85. The molecule has 12 nitrogen and oxygen atoms in total. The summed E-state index contributed by atoms with van der Waals surface area (Å²) in [5.41, 5.74) is 2.56. The lowest BCUT2D eigenvalue weighted by atomic mass is 9.97. The molecule has 0 saturated carbocycles. The Bertz CT molecular complexity index is 1250. The molecule has 2 aromatic rings. The Balaban J connectivity index is 1.87. The summed E-state index contributed by atoms with van der Waals surface area (Å²) in [6.07, 6.45) is -5.22. The first-order chi connectivity index (χ1) is 20.5. The minimum Gasteiger partial charge on any atom is -0.504 e. The van der Waals surface area contributed by atoms with E-state index >= 15 is 0 Å². The fraction of sp³-hybridized carbons (Fsp3) is 0.484. The predicted molar refractivity (Wildman–Crippen MR) is 155 cm³/mol. The van der Waals surface area contributed by atoms with E-state index in [0.717, 1.165) is 18.1 Å². The first-order valence-electron chi connectivity index (χ1n) is 14.1. The summed E-state index contributed by atoms with van der Waals surface area (Å²) in [7, 11) is 1.40. The average molecular weight is 604 g/mol. The van der Waals surface area contributed by atoms with Gasteiger partial charge in [0.05, 0.1) is 13.2 Å². The van der Waals surface area contributed by atoms with Gasteiger partial charge in [0.25, 0.3) is 0 Å². The van der Waals surface area contributed by atoms with Gasteiger partial charge in [-0.05, 0) is 61.1 Å². The van der Waals surface area contributed by atoms with Gasteiger partial charge in [0.1, 0.15) is 12.2 Å². The monoisotopic (exact) mass is 603 g/mol. The van der Waals surface area contributed by atoms with Gasteiger partial charge in [-0.1, -0.05) is 30.3 Å². The van der Waals surface area contributed by atoms with Crippen molar-refractivity contribution >= 4 is 18.0 Å². The molecule has 0 aliphatic carbocycles. The number of nitrogens with one attached hydrogen (secondary N) is 1. The normalized spacial score (nSPS) is 23.0. The van der Waals surface area contributed by atoms with Crippen molar-refractivity contribution in [3.63, 3.8) is 0 Å². The van der Waals surface area contributed by atoms with Crippen LogP contribution in [0.2, 0.25) is 0 Å². The second-order valence-electron chi connectivity index (χ2n) is 10.4. The van der Waals surface area contributed by atoms with Gasteiger partial charge in [-0.2, -0.15) is 0 Å². The average Bonchev–Trinajstić information content (AvgIpc) is 2.96. The van der Waals surface area contributed by atoms with Gasteiger partial charge < -0.3 is 49.8 Å². The summed E-state index contributed by atoms with van der Waals surface area (Å²) < 4.78 is 21.6. The number of aryl methyl sites for hydroxylation is 1. The van der Waals surface area contributed by atoms with Crippen LogP contribution < -0.4 is 10.1 Å². The molecule has 1 aliphatic heterocycles. The molecule has 1 saturated heterocycles. The van der Waals surface area contributed by atoms with Crippen LogP contribution in [0, 0.1) is 0 Å². The second-order valence-corrected chi connectivity index (χ2v) is 10.4. The molecule has 0 unspecified atom stereocenters. The Morgan fingerprint density at radius 2 is 1.79 bits per heavy atom. The quantitative estimate of drug-likeness (QED) is 0.132. The lowest BCUT2D eigenvalue weighted by molar-refractivity contribution is -0.287. The number of ether oxygens (including phenoxy) is 4. The molecule has 43 heavy (non-hydrogen) atoms. The fourth-order valence-electron chi connectivity index (χ4n) is 4.73. The van der Waals surface area contributed by atoms with Crippen LogP contribution in [0.1, 0.15) is 37.0 Å². The number of benzene rings is 2. The molecule has 6 N–H and O–H groups in total. The highest BCUT2D eigenvalue weighted by atomic mass is 16.7. The van der Waals surface area contributed by atoms with E-state index in [9.17, 15) is 35.1 Å². The van der Waals surface area contributed by atoms with Gasteiger partial charge in [-0.3, -0.25) is 4.79 Å². The van der Waals surface area contributed by atoms with Crippen LogP contribution in [0.25, 0.3) is 6.08 Å². The summed E-state index contributed by atoms with van der Waals surface area (Å²) >= 11 is 0. The van der Waals surface area contributed by atoms with Crippen molar-refractivity contribution in [2.75, 3.05) is 26.8 Å². The highest BCUT2D eigenvalue weighted by molar-refractivity contribution is 5.94. The number of hydrogen-bond acceptors (Lipinski definition) is 12. The highest BCUT2D eigenvalue weighted by Crippen LogP contribution is 2.29. The first kappa shape index (κ1) is 34.0. The Hall–Kier alpha value is -3.52. The number of phenols is 1. The van der Waals surface area contributed by atoms with E-state index in [0.29, 0.717) is 18.4 Å². The number of aliphatic hydroxyl groups excluding tert-OH is 4. The van der Waals surface area contributed by atoms with Crippen LogP contribution in [0.4, 0.5) is 0 Å². The molecular weight excluding hydrogens is 562 g/mol. The minimum atomic E-state index is -1.74. The number of rotatable bonds is 14. The number of phenolic OH excluding ortho intramolecular Hbond substituents is 1. The lowest BCUT2D eigenvalue weighted by Crippen LogP contribution is -2.62. The molecule has 0 amide bonds. The van der Waals surface area contributed by atoms with E-state index < -0.39 is 48.7 Å². The maximum Gasteiger partial charge on any atom is 0.334 e. The molecule has 1 aliphatic rings. The second kappa shape index (κ2) is 16.4. The Kier molecular flexibility index (Phi) is 12.9. The zero-order valence-electron chi connectivity index (χ0n) is 24.5. The number of carbonyl (C=O) groups is 2. The van der Waals surface area contributed by atoms with Crippen molar-refractivity contribution < 1.29 is 54.1 Å². The van der Waals surface area contributed by atoms with Crippen molar-refractivity contribution in [3.05, 3.63) is 64.7 Å². The van der Waals surface area contributed by atoms with Crippen molar-refractivity contribution in [2.45, 2.75) is 69.9 Å². The van der Waals surface area contributed by atoms with Crippen LogP contribution in [-0.2, 0) is 36.6 Å². The van der Waals surface area contributed by atoms with Gasteiger partial charge in [0.15, 0.2) is 30.0 Å². The Morgan fingerprint density at radius 3 is 2.44 bits per heavy atom. The molecule has 6 atom stereocenters. The number of methoxy groups -OCH3 is 1. The highest BCUT2D eigenvalue weighted by Gasteiger charge is 2.49. The molecule has 0 aromatic heterocycles. The van der Waals surface area contributed by atoms with Crippen molar-refractivity contribution in [1.29, 1.82) is 0 Å². The topological polar surface area (TPSA) is 184 Å². The van der Waals surface area contributed by atoms with Crippen molar-refractivity contribution in [1.82, 2.24) is 5.32 Å². The van der Waals surface area contributed by atoms with Gasteiger partial charge in [-0.15, -0.1) is 0 Å². The van der Waals surface area contributed by atoms with Gasteiger partial charge in [0, 0.05) is 32.2 Å². The standard InChI is InChI=1S/C31H41NO11/c1-18(34)16-32-17-26-27(37)28(41-19(2)35)29(31(39)42-26)43-30(38)23(14-22-8-10-24(36)25(15-22)40-3)9-7-20-5-4-6-21(13-20)11-12-33/h4-6,8,10,13-15,18,26-29,31-34,36-37,39H,7,9,11-12,16-17H2,1-3H3/t18-,26+,27-,28+,29+,31+/m0/s1. The van der Waals surface area contributed by atoms with Crippen molar-refractivity contribution in [3.8, 4) is 11.5 Å². The van der Waals surface area contributed by atoms with E-state index in [-0.39, 0.29) is 43.2 Å². The predicted octanol–water partition coefficient (Wildman–Crippen LogP) is 0.844. The zero-order chi connectivity index (χ0) is 31.5. The van der Waals surface area contributed by atoms with E-state index in [4.69, 9.17) is 18.9 Å². The molecule has 0 spiro atoms. The summed E-state index contributed by atoms with van der Waals surface area (Å²) in [4.78, 5) is 25.5. The summed E-state index contributed by atoms with van der Waals surface area (Å²) in [5.74, 6) is -1.49. The summed E-state index contributed by atoms with van der Waals surface area (Å²) in [5, 5.41) is 53.4. The van der Waals surface area contributed by atoms with Gasteiger partial charge in [0.2, 0.25) is 0 Å². The third-order valence-corrected chi connectivity index (χ3v) is 6.85. The van der Waals surface area contributed by atoms with E-state index in [1.54, 1.807) is 25.1 Å². The van der Waals surface area contributed by atoms with Crippen LogP contribution >= 0.6 is 0 Å². The molecule has 12 heteroatoms. The Morgan fingerprint density at radius 1 is 1.07 bits per heavy atom. The maximum absolute atomic E-state index is 13.6. The third kappa shape index (κ3) is 10.0.